The first-order valence-electron chi connectivity index (χ1n) is 11.2. The number of carbonyl (C=O) groups is 2. The smallest absolute Gasteiger partial charge is 0.316 e. The minimum absolute atomic E-state index is 0.000823. The molecule has 14 nitrogen and oxygen atoms in total. The topological polar surface area (TPSA) is 177 Å². The lowest BCUT2D eigenvalue weighted by molar-refractivity contribution is -0.386. The molecule has 2 aromatic heterocycles. The van der Waals surface area contributed by atoms with Crippen molar-refractivity contribution in [2.45, 2.75) is 34.2 Å². The van der Waals surface area contributed by atoms with Crippen molar-refractivity contribution < 1.29 is 28.5 Å². The molecule has 0 saturated carbocycles. The Kier molecular flexibility index (Phi) is 8.54. The van der Waals surface area contributed by atoms with Crippen molar-refractivity contribution in [3.05, 3.63) is 57.0 Å². The number of amides is 2. The second-order valence-corrected chi connectivity index (χ2v) is 7.49. The maximum atomic E-state index is 12.4. The SMILES string of the molecule is CCOc1ccc(C(=O)NCCNC(=O)c2nc(Cn3nc(C)c([N+](=O)[O-])c3C)no2)cc1OCC. The standard InChI is InChI=1S/C22H27N7O7/c1-5-34-16-8-7-15(11-17(16)35-6-2)20(30)23-9-10-24-21(31)22-25-18(27-36-22)12-28-14(4)19(29(32)33)13(3)26-28/h7-8,11H,5-6,9-10,12H2,1-4H3,(H,23,30)(H,24,31). The lowest BCUT2D eigenvalue weighted by Gasteiger charge is -2.12. The van der Waals surface area contributed by atoms with Crippen LogP contribution in [0.3, 0.4) is 0 Å². The summed E-state index contributed by atoms with van der Waals surface area (Å²) in [4.78, 5) is 39.4. The van der Waals surface area contributed by atoms with Gasteiger partial charge in [-0.05, 0) is 45.9 Å². The molecule has 0 aliphatic heterocycles. The summed E-state index contributed by atoms with van der Waals surface area (Å²) >= 11 is 0. The molecule has 192 valence electrons. The molecule has 0 bridgehead atoms. The van der Waals surface area contributed by atoms with Gasteiger partial charge < -0.3 is 24.6 Å². The number of ether oxygens (including phenoxy) is 2. The largest absolute Gasteiger partial charge is 0.490 e. The molecule has 2 heterocycles. The Balaban J connectivity index is 1.50. The van der Waals surface area contributed by atoms with Gasteiger partial charge in [0.1, 0.15) is 17.9 Å². The summed E-state index contributed by atoms with van der Waals surface area (Å²) < 4.78 is 17.4. The zero-order valence-corrected chi connectivity index (χ0v) is 20.4. The summed E-state index contributed by atoms with van der Waals surface area (Å²) in [5.74, 6) is -0.0788. The number of aromatic nitrogens is 4. The number of aryl methyl sites for hydroxylation is 1. The molecule has 0 saturated heterocycles. The third-order valence-corrected chi connectivity index (χ3v) is 4.98. The van der Waals surface area contributed by atoms with Crippen molar-refractivity contribution in [2.75, 3.05) is 26.3 Å². The summed E-state index contributed by atoms with van der Waals surface area (Å²) in [6, 6.07) is 4.89. The van der Waals surface area contributed by atoms with Crippen molar-refractivity contribution in [3.8, 4) is 11.5 Å². The van der Waals surface area contributed by atoms with Crippen LogP contribution in [0.5, 0.6) is 11.5 Å². The van der Waals surface area contributed by atoms with E-state index in [1.54, 1.807) is 25.1 Å². The third-order valence-electron chi connectivity index (χ3n) is 4.98. The van der Waals surface area contributed by atoms with Gasteiger partial charge >= 0.3 is 17.5 Å². The average Bonchev–Trinajstić information content (AvgIpc) is 3.41. The monoisotopic (exact) mass is 501 g/mol. The number of nitrogens with zero attached hydrogens (tertiary/aromatic N) is 5. The van der Waals surface area contributed by atoms with E-state index in [0.29, 0.717) is 36.0 Å². The number of benzene rings is 1. The number of carbonyl (C=O) groups excluding carboxylic acids is 2. The van der Waals surface area contributed by atoms with E-state index < -0.39 is 10.8 Å². The summed E-state index contributed by atoms with van der Waals surface area (Å²) in [6.07, 6.45) is 0. The number of nitrogens with one attached hydrogen (secondary N) is 2. The Morgan fingerprint density at radius 2 is 1.75 bits per heavy atom. The number of rotatable bonds is 12. The van der Waals surface area contributed by atoms with Gasteiger partial charge in [0.2, 0.25) is 0 Å². The lowest BCUT2D eigenvalue weighted by Crippen LogP contribution is -2.34. The van der Waals surface area contributed by atoms with E-state index in [1.807, 2.05) is 13.8 Å². The fourth-order valence-electron chi connectivity index (χ4n) is 3.37. The van der Waals surface area contributed by atoms with E-state index >= 15 is 0 Å². The van der Waals surface area contributed by atoms with Gasteiger partial charge in [-0.3, -0.25) is 24.4 Å². The molecule has 0 spiro atoms. The Hall–Kier alpha value is -4.49. The van der Waals surface area contributed by atoms with Crippen LogP contribution >= 0.6 is 0 Å². The molecule has 1 aromatic carbocycles. The minimum Gasteiger partial charge on any atom is -0.490 e. The minimum atomic E-state index is -0.623. The van der Waals surface area contributed by atoms with Crippen molar-refractivity contribution in [1.82, 2.24) is 30.6 Å². The van der Waals surface area contributed by atoms with Crippen LogP contribution in [0.15, 0.2) is 22.7 Å². The number of nitro groups is 1. The lowest BCUT2D eigenvalue weighted by atomic mass is 10.2. The summed E-state index contributed by atoms with van der Waals surface area (Å²) in [5, 5.41) is 24.3. The molecule has 0 aliphatic rings. The molecule has 0 unspecified atom stereocenters. The van der Waals surface area contributed by atoms with Crippen molar-refractivity contribution in [3.63, 3.8) is 0 Å². The Morgan fingerprint density at radius 3 is 2.39 bits per heavy atom. The molecule has 36 heavy (non-hydrogen) atoms. The van der Waals surface area contributed by atoms with Gasteiger partial charge in [0.25, 0.3) is 5.91 Å². The van der Waals surface area contributed by atoms with E-state index in [4.69, 9.17) is 14.0 Å². The Labute approximate surface area is 206 Å². The van der Waals surface area contributed by atoms with Crippen LogP contribution in [0.4, 0.5) is 5.69 Å². The number of hydrogen-bond acceptors (Lipinski definition) is 10. The molecular formula is C22H27N7O7. The molecule has 0 fully saturated rings. The predicted octanol–water partition coefficient (Wildman–Crippen LogP) is 1.80. The number of hydrogen-bond donors (Lipinski definition) is 2. The van der Waals surface area contributed by atoms with Crippen LogP contribution in [0.25, 0.3) is 0 Å². The average molecular weight is 502 g/mol. The molecule has 0 atom stereocenters. The van der Waals surface area contributed by atoms with Gasteiger partial charge in [-0.25, -0.2) is 0 Å². The molecule has 0 aliphatic carbocycles. The molecule has 3 aromatic rings. The van der Waals surface area contributed by atoms with Crippen LogP contribution in [-0.2, 0) is 6.54 Å². The molecule has 2 N–H and O–H groups in total. The van der Waals surface area contributed by atoms with E-state index in [0.717, 1.165) is 0 Å². The Morgan fingerprint density at radius 1 is 1.08 bits per heavy atom. The summed E-state index contributed by atoms with van der Waals surface area (Å²) in [6.45, 7) is 7.94. The Bertz CT molecular complexity index is 1250. The van der Waals surface area contributed by atoms with Gasteiger partial charge in [-0.2, -0.15) is 10.1 Å². The second-order valence-electron chi connectivity index (χ2n) is 7.49. The van der Waals surface area contributed by atoms with E-state index in [1.165, 1.54) is 11.6 Å². The summed E-state index contributed by atoms with van der Waals surface area (Å²) in [7, 11) is 0. The van der Waals surface area contributed by atoms with Gasteiger partial charge in [0.05, 0.1) is 18.1 Å². The molecular weight excluding hydrogens is 474 g/mol. The maximum Gasteiger partial charge on any atom is 0.316 e. The van der Waals surface area contributed by atoms with Crippen LogP contribution < -0.4 is 20.1 Å². The molecule has 3 rings (SSSR count). The third kappa shape index (κ3) is 6.14. The van der Waals surface area contributed by atoms with Gasteiger partial charge in [0, 0.05) is 18.7 Å². The first-order chi connectivity index (χ1) is 17.2. The van der Waals surface area contributed by atoms with Crippen LogP contribution in [-0.4, -0.2) is 63.0 Å². The quantitative estimate of drug-likeness (QED) is 0.211. The van der Waals surface area contributed by atoms with Gasteiger partial charge in [-0.1, -0.05) is 5.16 Å². The normalized spacial score (nSPS) is 10.7. The van der Waals surface area contributed by atoms with Crippen LogP contribution in [0, 0.1) is 24.0 Å². The van der Waals surface area contributed by atoms with E-state index in [-0.39, 0.29) is 48.6 Å². The van der Waals surface area contributed by atoms with Gasteiger partial charge in [-0.15, -0.1) is 0 Å². The highest BCUT2D eigenvalue weighted by Gasteiger charge is 2.23. The van der Waals surface area contributed by atoms with E-state index in [2.05, 4.69) is 25.9 Å². The highest BCUT2D eigenvalue weighted by Crippen LogP contribution is 2.28. The molecule has 2 amide bonds. The predicted molar refractivity (Wildman–Crippen MR) is 125 cm³/mol. The molecule has 14 heteroatoms. The zero-order chi connectivity index (χ0) is 26.2. The maximum absolute atomic E-state index is 12.4. The fourth-order valence-corrected chi connectivity index (χ4v) is 3.37. The second kappa shape index (κ2) is 11.8. The summed E-state index contributed by atoms with van der Waals surface area (Å²) in [5.41, 5.74) is 0.905. The molecule has 0 radical (unpaired) electrons. The highest BCUT2D eigenvalue weighted by molar-refractivity contribution is 5.95. The van der Waals surface area contributed by atoms with Crippen LogP contribution in [0.1, 0.15) is 52.1 Å². The van der Waals surface area contributed by atoms with Gasteiger partial charge in [0.15, 0.2) is 17.3 Å². The van der Waals surface area contributed by atoms with Crippen LogP contribution in [0.2, 0.25) is 0 Å². The first-order valence-corrected chi connectivity index (χ1v) is 11.2. The van der Waals surface area contributed by atoms with Crippen molar-refractivity contribution >= 4 is 17.5 Å². The first kappa shape index (κ1) is 26.1. The fraction of sp³-hybridized carbons (Fsp3) is 0.409. The van der Waals surface area contributed by atoms with Crippen molar-refractivity contribution in [1.29, 1.82) is 0 Å². The van der Waals surface area contributed by atoms with Crippen molar-refractivity contribution in [2.24, 2.45) is 0 Å². The van der Waals surface area contributed by atoms with E-state index in [9.17, 15) is 19.7 Å². The highest BCUT2D eigenvalue weighted by atomic mass is 16.6. The zero-order valence-electron chi connectivity index (χ0n) is 20.4.